The van der Waals surface area contributed by atoms with Crippen LogP contribution in [0.1, 0.15) is 62.3 Å². The molecule has 0 bridgehead atoms. The lowest BCUT2D eigenvalue weighted by atomic mass is 9.59. The number of rotatable bonds is 4. The molecule has 3 aliphatic rings. The first kappa shape index (κ1) is 30.7. The van der Waals surface area contributed by atoms with Gasteiger partial charge < -0.3 is 25.0 Å². The molecule has 2 saturated heterocycles. The molecule has 2 fully saturated rings. The average molecular weight is 701 g/mol. The highest BCUT2D eigenvalue weighted by atomic mass is 79.9. The molecule has 1 spiro atoms. The monoisotopic (exact) mass is 699 g/mol. The maximum absolute atomic E-state index is 14.4. The lowest BCUT2D eigenvalue weighted by molar-refractivity contribution is -0.131. The summed E-state index contributed by atoms with van der Waals surface area (Å²) in [4.78, 5) is 42.3. The smallest absolute Gasteiger partial charge is 0.410 e. The summed E-state index contributed by atoms with van der Waals surface area (Å²) in [5.41, 5.74) is 0.867. The molecule has 0 radical (unpaired) electrons. The largest absolute Gasteiger partial charge is 0.488 e. The number of carbonyl (C=O) groups excluding carboxylic acids is 3. The Hall–Kier alpha value is -3.27. The summed E-state index contributed by atoms with van der Waals surface area (Å²) in [6, 6.07) is 17.4. The zero-order chi connectivity index (χ0) is 31.4. The minimum atomic E-state index is -1.25. The number of hydrogen-bond acceptors (Lipinski definition) is 5. The van der Waals surface area contributed by atoms with Crippen molar-refractivity contribution in [3.8, 4) is 5.75 Å². The fourth-order valence-electron chi connectivity index (χ4n) is 6.62. The number of benzene rings is 3. The molecule has 3 aliphatic heterocycles. The van der Waals surface area contributed by atoms with Crippen LogP contribution >= 0.6 is 39.1 Å². The SMILES string of the molecule is CC(C)(C)OC(=O)N1CCC(Oc2ccc(Br)cc2C2NC(=O)CC(c3cccc(Cl)c3)C23C(=O)Nc2cc(Cl)ccc23)C1. The zero-order valence-electron chi connectivity index (χ0n) is 24.5. The average Bonchev–Trinajstić information content (AvgIpc) is 3.52. The molecular weight excluding hydrogens is 669 g/mol. The molecule has 3 heterocycles. The molecule has 44 heavy (non-hydrogen) atoms. The highest BCUT2D eigenvalue weighted by Crippen LogP contribution is 2.58. The number of nitrogens with zero attached hydrogens (tertiary/aromatic N) is 1. The number of hydrogen-bond donors (Lipinski definition) is 2. The fourth-order valence-corrected chi connectivity index (χ4v) is 7.37. The van der Waals surface area contributed by atoms with E-state index < -0.39 is 23.0 Å². The van der Waals surface area contributed by atoms with E-state index in [0.717, 1.165) is 15.6 Å². The molecule has 0 saturated carbocycles. The van der Waals surface area contributed by atoms with Crippen molar-refractivity contribution in [1.82, 2.24) is 10.2 Å². The van der Waals surface area contributed by atoms with Crippen LogP contribution in [0.3, 0.4) is 0 Å². The second kappa shape index (κ2) is 11.6. The molecule has 6 rings (SSSR count). The van der Waals surface area contributed by atoms with Gasteiger partial charge in [0.05, 0.1) is 12.6 Å². The molecule has 2 N–H and O–H groups in total. The Morgan fingerprint density at radius 3 is 2.57 bits per heavy atom. The number of nitrogens with one attached hydrogen (secondary N) is 2. The molecule has 3 aromatic rings. The second-order valence-electron chi connectivity index (χ2n) is 12.5. The molecule has 230 valence electrons. The van der Waals surface area contributed by atoms with E-state index in [9.17, 15) is 14.4 Å². The molecule has 0 aliphatic carbocycles. The number of piperidine rings is 1. The maximum atomic E-state index is 14.4. The van der Waals surface area contributed by atoms with Crippen molar-refractivity contribution >= 4 is 62.7 Å². The predicted octanol–water partition coefficient (Wildman–Crippen LogP) is 7.38. The molecule has 4 atom stereocenters. The van der Waals surface area contributed by atoms with Gasteiger partial charge in [-0.2, -0.15) is 0 Å². The number of ether oxygens (including phenoxy) is 2. The fraction of sp³-hybridized carbons (Fsp3) is 0.364. The Balaban J connectivity index is 1.44. The maximum Gasteiger partial charge on any atom is 0.410 e. The summed E-state index contributed by atoms with van der Waals surface area (Å²) < 4.78 is 12.9. The van der Waals surface area contributed by atoms with E-state index in [4.69, 9.17) is 32.7 Å². The summed E-state index contributed by atoms with van der Waals surface area (Å²) in [6.07, 6.45) is -0.0290. The van der Waals surface area contributed by atoms with E-state index in [0.29, 0.717) is 46.6 Å². The van der Waals surface area contributed by atoms with Crippen LogP contribution in [0.5, 0.6) is 5.75 Å². The zero-order valence-corrected chi connectivity index (χ0v) is 27.6. The van der Waals surface area contributed by atoms with Crippen molar-refractivity contribution in [3.05, 3.63) is 91.9 Å². The van der Waals surface area contributed by atoms with Crippen molar-refractivity contribution in [2.24, 2.45) is 0 Å². The number of fused-ring (bicyclic) bond motifs is 2. The van der Waals surface area contributed by atoms with Gasteiger partial charge in [-0.1, -0.05) is 57.3 Å². The first-order chi connectivity index (χ1) is 20.8. The van der Waals surface area contributed by atoms with Crippen molar-refractivity contribution < 1.29 is 23.9 Å². The summed E-state index contributed by atoms with van der Waals surface area (Å²) in [5, 5.41) is 7.21. The highest BCUT2D eigenvalue weighted by Gasteiger charge is 2.61. The summed E-state index contributed by atoms with van der Waals surface area (Å²) in [5.74, 6) is -0.504. The van der Waals surface area contributed by atoms with E-state index in [-0.39, 0.29) is 30.4 Å². The van der Waals surface area contributed by atoms with Crippen LogP contribution in [0, 0.1) is 0 Å². The minimum absolute atomic E-state index is 0.0734. The summed E-state index contributed by atoms with van der Waals surface area (Å²) >= 11 is 16.4. The van der Waals surface area contributed by atoms with Gasteiger partial charge in [-0.15, -0.1) is 0 Å². The Morgan fingerprint density at radius 2 is 1.82 bits per heavy atom. The van der Waals surface area contributed by atoms with Gasteiger partial charge in [0.1, 0.15) is 22.9 Å². The Bertz CT molecular complexity index is 1660. The van der Waals surface area contributed by atoms with Crippen molar-refractivity contribution in [1.29, 1.82) is 0 Å². The minimum Gasteiger partial charge on any atom is -0.488 e. The molecule has 3 aromatic carbocycles. The van der Waals surface area contributed by atoms with Gasteiger partial charge in [-0.05, 0) is 74.4 Å². The first-order valence-electron chi connectivity index (χ1n) is 14.5. The van der Waals surface area contributed by atoms with E-state index in [1.807, 2.05) is 63.2 Å². The van der Waals surface area contributed by atoms with Gasteiger partial charge in [0.25, 0.3) is 0 Å². The van der Waals surface area contributed by atoms with E-state index in [1.165, 1.54) is 0 Å². The van der Waals surface area contributed by atoms with Crippen LogP contribution in [0.4, 0.5) is 10.5 Å². The van der Waals surface area contributed by atoms with Gasteiger partial charge in [-0.25, -0.2) is 4.79 Å². The van der Waals surface area contributed by atoms with Gasteiger partial charge in [0.15, 0.2) is 0 Å². The number of amides is 3. The van der Waals surface area contributed by atoms with Gasteiger partial charge in [0, 0.05) is 51.1 Å². The first-order valence-corrected chi connectivity index (χ1v) is 16.0. The van der Waals surface area contributed by atoms with Crippen LogP contribution in [0.2, 0.25) is 10.0 Å². The van der Waals surface area contributed by atoms with Crippen molar-refractivity contribution in [2.45, 2.75) is 62.7 Å². The standard InChI is InChI=1S/C33H32BrCl2N3O5/c1-32(2,3)44-31(42)39-12-11-22(17-39)43-27-10-7-19(34)14-23(27)29-33(24-9-8-21(36)15-26(24)37-30(33)41)25(16-28(40)38-29)18-5-4-6-20(35)13-18/h4-10,13-15,22,25,29H,11-12,16-17H2,1-3H3,(H,37,41)(H,38,40). The number of halogens is 3. The third kappa shape index (κ3) is 5.66. The molecule has 4 unspecified atom stereocenters. The van der Waals surface area contributed by atoms with Gasteiger partial charge in [-0.3, -0.25) is 9.59 Å². The van der Waals surface area contributed by atoms with E-state index >= 15 is 0 Å². The molecule has 11 heteroatoms. The van der Waals surface area contributed by atoms with Gasteiger partial charge >= 0.3 is 6.09 Å². The van der Waals surface area contributed by atoms with E-state index in [2.05, 4.69) is 26.6 Å². The number of anilines is 1. The number of carbonyl (C=O) groups is 3. The molecule has 0 aromatic heterocycles. The quantitative estimate of drug-likeness (QED) is 0.296. The topological polar surface area (TPSA) is 97.0 Å². The Kier molecular flexibility index (Phi) is 8.09. The predicted molar refractivity (Wildman–Crippen MR) is 172 cm³/mol. The lowest BCUT2D eigenvalue weighted by Crippen LogP contribution is -2.57. The van der Waals surface area contributed by atoms with Crippen LogP contribution in [-0.4, -0.2) is 47.6 Å². The van der Waals surface area contributed by atoms with E-state index in [1.54, 1.807) is 23.1 Å². The van der Waals surface area contributed by atoms with Crippen LogP contribution in [-0.2, 0) is 19.7 Å². The normalized spacial score (nSPS) is 24.6. The van der Waals surface area contributed by atoms with Crippen LogP contribution < -0.4 is 15.4 Å². The second-order valence-corrected chi connectivity index (χ2v) is 14.3. The van der Waals surface area contributed by atoms with Crippen molar-refractivity contribution in [2.75, 3.05) is 18.4 Å². The molecule has 3 amide bonds. The van der Waals surface area contributed by atoms with Gasteiger partial charge in [0.2, 0.25) is 11.8 Å². The number of likely N-dealkylation sites (tertiary alicyclic amines) is 1. The Labute approximate surface area is 274 Å². The summed E-state index contributed by atoms with van der Waals surface area (Å²) in [7, 11) is 0. The molecule has 8 nitrogen and oxygen atoms in total. The van der Waals surface area contributed by atoms with Crippen LogP contribution in [0.15, 0.2) is 65.1 Å². The van der Waals surface area contributed by atoms with Crippen molar-refractivity contribution in [3.63, 3.8) is 0 Å². The Morgan fingerprint density at radius 1 is 1.05 bits per heavy atom. The highest BCUT2D eigenvalue weighted by molar-refractivity contribution is 9.10. The molecular formula is C33H32BrCl2N3O5. The lowest BCUT2D eigenvalue weighted by Gasteiger charge is -2.46. The third-order valence-corrected chi connectivity index (χ3v) is 9.34. The summed E-state index contributed by atoms with van der Waals surface area (Å²) in [6.45, 7) is 6.33. The van der Waals surface area contributed by atoms with Crippen LogP contribution in [0.25, 0.3) is 0 Å². The third-order valence-electron chi connectivity index (χ3n) is 8.38.